The maximum Gasteiger partial charge on any atom is 0.257 e. The number of aromatic nitrogens is 2. The van der Waals surface area contributed by atoms with Crippen molar-refractivity contribution in [2.45, 2.75) is 18.7 Å². The van der Waals surface area contributed by atoms with Crippen LogP contribution in [0.3, 0.4) is 0 Å². The molecular weight excluding hydrogens is 340 g/mol. The number of benzene rings is 1. The van der Waals surface area contributed by atoms with E-state index in [0.29, 0.717) is 37.4 Å². The Morgan fingerprint density at radius 3 is 2.16 bits per heavy atom. The fourth-order valence-corrected chi connectivity index (χ4v) is 4.56. The van der Waals surface area contributed by atoms with Gasteiger partial charge in [-0.1, -0.05) is 18.2 Å². The van der Waals surface area contributed by atoms with Crippen LogP contribution in [-0.2, 0) is 17.1 Å². The van der Waals surface area contributed by atoms with Gasteiger partial charge in [0.15, 0.2) is 0 Å². The first kappa shape index (κ1) is 17.6. The fraction of sp³-hybridized carbons (Fsp3) is 0.412. The smallest absolute Gasteiger partial charge is 0.257 e. The lowest BCUT2D eigenvalue weighted by molar-refractivity contribution is 0.0696. The highest BCUT2D eigenvalue weighted by Crippen LogP contribution is 2.20. The molecule has 2 aromatic rings. The lowest BCUT2D eigenvalue weighted by Gasteiger charge is -2.34. The average molecular weight is 362 g/mol. The maximum absolute atomic E-state index is 12.8. The zero-order valence-electron chi connectivity index (χ0n) is 14.6. The van der Waals surface area contributed by atoms with Gasteiger partial charge in [-0.15, -0.1) is 0 Å². The first-order valence-electron chi connectivity index (χ1n) is 8.17. The van der Waals surface area contributed by atoms with E-state index >= 15 is 0 Å². The van der Waals surface area contributed by atoms with Gasteiger partial charge in [0.2, 0.25) is 10.0 Å². The Labute approximate surface area is 147 Å². The molecule has 0 spiro atoms. The van der Waals surface area contributed by atoms with Crippen LogP contribution >= 0.6 is 0 Å². The second kappa shape index (κ2) is 6.61. The van der Waals surface area contributed by atoms with Crippen molar-refractivity contribution >= 4 is 15.9 Å². The highest BCUT2D eigenvalue weighted by Gasteiger charge is 2.31. The summed E-state index contributed by atoms with van der Waals surface area (Å²) in [5.41, 5.74) is 2.13. The van der Waals surface area contributed by atoms with Crippen molar-refractivity contribution in [1.82, 2.24) is 19.0 Å². The molecule has 1 saturated heterocycles. The minimum atomic E-state index is -3.51. The predicted molar refractivity (Wildman–Crippen MR) is 93.8 cm³/mol. The van der Waals surface area contributed by atoms with Gasteiger partial charge in [0.1, 0.15) is 0 Å². The minimum Gasteiger partial charge on any atom is -0.336 e. The quantitative estimate of drug-likeness (QED) is 0.822. The topological polar surface area (TPSA) is 75.5 Å². The van der Waals surface area contributed by atoms with Crippen LogP contribution in [0.15, 0.2) is 35.2 Å². The third-order valence-electron chi connectivity index (χ3n) is 4.63. The molecule has 3 rings (SSSR count). The van der Waals surface area contributed by atoms with Gasteiger partial charge in [-0.25, -0.2) is 8.42 Å². The molecule has 0 unspecified atom stereocenters. The molecule has 1 fully saturated rings. The van der Waals surface area contributed by atoms with Crippen LogP contribution in [0.1, 0.15) is 21.7 Å². The SMILES string of the molecule is Cc1nn(C)c(C)c1C(=O)N1CCN(S(=O)(=O)c2ccccc2)CC1. The van der Waals surface area contributed by atoms with E-state index < -0.39 is 10.0 Å². The van der Waals surface area contributed by atoms with Gasteiger partial charge in [-0.05, 0) is 26.0 Å². The highest BCUT2D eigenvalue weighted by atomic mass is 32.2. The van der Waals surface area contributed by atoms with E-state index in [1.807, 2.05) is 20.9 Å². The van der Waals surface area contributed by atoms with Gasteiger partial charge in [0, 0.05) is 38.9 Å². The molecule has 7 nitrogen and oxygen atoms in total. The lowest BCUT2D eigenvalue weighted by atomic mass is 10.1. The van der Waals surface area contributed by atoms with E-state index in [-0.39, 0.29) is 10.8 Å². The molecule has 0 N–H and O–H groups in total. The van der Waals surface area contributed by atoms with Crippen molar-refractivity contribution < 1.29 is 13.2 Å². The van der Waals surface area contributed by atoms with Crippen molar-refractivity contribution in [1.29, 1.82) is 0 Å². The first-order chi connectivity index (χ1) is 11.8. The summed E-state index contributed by atoms with van der Waals surface area (Å²) in [6, 6.07) is 8.39. The molecule has 0 bridgehead atoms. The van der Waals surface area contributed by atoms with Crippen LogP contribution in [-0.4, -0.2) is 59.5 Å². The second-order valence-corrected chi connectivity index (χ2v) is 8.12. The number of rotatable bonds is 3. The largest absolute Gasteiger partial charge is 0.336 e. The zero-order chi connectivity index (χ0) is 18.2. The zero-order valence-corrected chi connectivity index (χ0v) is 15.5. The number of carbonyl (C=O) groups is 1. The van der Waals surface area contributed by atoms with Gasteiger partial charge in [0.25, 0.3) is 5.91 Å². The van der Waals surface area contributed by atoms with Crippen LogP contribution in [0, 0.1) is 13.8 Å². The number of carbonyl (C=O) groups excluding carboxylic acids is 1. The number of nitrogens with zero attached hydrogens (tertiary/aromatic N) is 4. The minimum absolute atomic E-state index is 0.0835. The van der Waals surface area contributed by atoms with Crippen molar-refractivity contribution in [3.63, 3.8) is 0 Å². The summed E-state index contributed by atoms with van der Waals surface area (Å²) < 4.78 is 28.4. The molecule has 1 aromatic carbocycles. The highest BCUT2D eigenvalue weighted by molar-refractivity contribution is 7.89. The van der Waals surface area contributed by atoms with Crippen molar-refractivity contribution in [3.8, 4) is 0 Å². The summed E-state index contributed by atoms with van der Waals surface area (Å²) in [6.07, 6.45) is 0. The molecule has 0 atom stereocenters. The van der Waals surface area contributed by atoms with Gasteiger partial charge in [-0.2, -0.15) is 9.40 Å². The molecule has 0 saturated carbocycles. The third-order valence-corrected chi connectivity index (χ3v) is 6.54. The van der Waals surface area contributed by atoms with Gasteiger partial charge < -0.3 is 4.90 Å². The van der Waals surface area contributed by atoms with Gasteiger partial charge in [0.05, 0.1) is 16.2 Å². The van der Waals surface area contributed by atoms with E-state index in [9.17, 15) is 13.2 Å². The van der Waals surface area contributed by atoms with Crippen LogP contribution in [0.5, 0.6) is 0 Å². The third kappa shape index (κ3) is 3.19. The van der Waals surface area contributed by atoms with Crippen molar-refractivity contribution in [2.24, 2.45) is 7.05 Å². The average Bonchev–Trinajstić information content (AvgIpc) is 2.87. The molecule has 134 valence electrons. The first-order valence-corrected chi connectivity index (χ1v) is 9.61. The summed E-state index contributed by atoms with van der Waals surface area (Å²) in [5, 5.41) is 4.28. The molecule has 8 heteroatoms. The number of aryl methyl sites for hydroxylation is 2. The number of piperazine rings is 1. The molecule has 0 aliphatic carbocycles. The van der Waals surface area contributed by atoms with Crippen molar-refractivity contribution in [3.05, 3.63) is 47.3 Å². The standard InChI is InChI=1S/C17H22N4O3S/c1-13-16(14(2)19(3)18-13)17(22)20-9-11-21(12-10-20)25(23,24)15-7-5-4-6-8-15/h4-8H,9-12H2,1-3H3. The van der Waals surface area contributed by atoms with Crippen molar-refractivity contribution in [2.75, 3.05) is 26.2 Å². The molecule has 1 aromatic heterocycles. The lowest BCUT2D eigenvalue weighted by Crippen LogP contribution is -2.50. The van der Waals surface area contributed by atoms with Crippen LogP contribution < -0.4 is 0 Å². The van der Waals surface area contributed by atoms with Crippen LogP contribution in [0.25, 0.3) is 0 Å². The van der Waals surface area contributed by atoms with E-state index in [1.165, 1.54) is 4.31 Å². The number of amides is 1. The molecule has 25 heavy (non-hydrogen) atoms. The molecule has 0 radical (unpaired) electrons. The Kier molecular flexibility index (Phi) is 4.66. The monoisotopic (exact) mass is 362 g/mol. The Balaban J connectivity index is 1.73. The summed E-state index contributed by atoms with van der Waals surface area (Å²) in [5.74, 6) is -0.0835. The normalized spacial score (nSPS) is 16.2. The Bertz CT molecular complexity index is 882. The molecular formula is C17H22N4O3S. The van der Waals surface area contributed by atoms with Crippen LogP contribution in [0.2, 0.25) is 0 Å². The Hall–Kier alpha value is -2.19. The van der Waals surface area contributed by atoms with E-state index in [4.69, 9.17) is 0 Å². The summed E-state index contributed by atoms with van der Waals surface area (Å²) in [4.78, 5) is 14.8. The molecule has 1 aliphatic heterocycles. The van der Waals surface area contributed by atoms with E-state index in [1.54, 1.807) is 39.9 Å². The number of hydrogen-bond donors (Lipinski definition) is 0. The summed E-state index contributed by atoms with van der Waals surface area (Å²) in [7, 11) is -1.70. The number of hydrogen-bond acceptors (Lipinski definition) is 4. The van der Waals surface area contributed by atoms with E-state index in [2.05, 4.69) is 5.10 Å². The summed E-state index contributed by atoms with van der Waals surface area (Å²) >= 11 is 0. The predicted octanol–water partition coefficient (Wildman–Crippen LogP) is 1.18. The Morgan fingerprint density at radius 1 is 1.04 bits per heavy atom. The number of sulfonamides is 1. The van der Waals surface area contributed by atoms with E-state index in [0.717, 1.165) is 5.69 Å². The molecule has 2 heterocycles. The summed E-state index contributed by atoms with van der Waals surface area (Å²) in [6.45, 7) is 5.01. The van der Waals surface area contributed by atoms with Crippen LogP contribution in [0.4, 0.5) is 0 Å². The Morgan fingerprint density at radius 2 is 1.64 bits per heavy atom. The fourth-order valence-electron chi connectivity index (χ4n) is 3.11. The maximum atomic E-state index is 12.8. The molecule has 1 aliphatic rings. The molecule has 1 amide bonds. The second-order valence-electron chi connectivity index (χ2n) is 6.18. The van der Waals surface area contributed by atoms with Gasteiger partial charge >= 0.3 is 0 Å². The van der Waals surface area contributed by atoms with Gasteiger partial charge in [-0.3, -0.25) is 9.48 Å².